The van der Waals surface area contributed by atoms with Crippen molar-refractivity contribution in [2.24, 2.45) is 11.8 Å². The zero-order valence-corrected chi connectivity index (χ0v) is 17.0. The minimum absolute atomic E-state index is 0.0666. The highest BCUT2D eigenvalue weighted by Gasteiger charge is 2.27. The molecule has 0 saturated heterocycles. The molecular formula is C25H26FN3O. The van der Waals surface area contributed by atoms with Crippen LogP contribution in [0.25, 0.3) is 11.1 Å². The van der Waals surface area contributed by atoms with Gasteiger partial charge in [0.2, 0.25) is 0 Å². The number of rotatable bonds is 6. The number of benzene rings is 1. The monoisotopic (exact) mass is 403 g/mol. The molecule has 0 amide bonds. The summed E-state index contributed by atoms with van der Waals surface area (Å²) in [5, 5.41) is 9.98. The van der Waals surface area contributed by atoms with Gasteiger partial charge >= 0.3 is 0 Å². The number of hydrogen-bond donors (Lipinski definition) is 1. The molecule has 1 N–H and O–H groups in total. The molecule has 0 unspecified atom stereocenters. The molecule has 5 rings (SSSR count). The number of nitrogens with zero attached hydrogens (tertiary/aromatic N) is 3. The van der Waals surface area contributed by atoms with E-state index in [1.807, 2.05) is 24.5 Å². The largest absolute Gasteiger partial charge is 0.507 e. The molecule has 0 aliphatic heterocycles. The van der Waals surface area contributed by atoms with E-state index in [2.05, 4.69) is 15.0 Å². The van der Waals surface area contributed by atoms with E-state index in [4.69, 9.17) is 0 Å². The van der Waals surface area contributed by atoms with Crippen LogP contribution in [-0.2, 0) is 12.8 Å². The molecule has 0 spiro atoms. The van der Waals surface area contributed by atoms with Crippen molar-refractivity contribution in [2.45, 2.75) is 50.9 Å². The maximum atomic E-state index is 13.5. The molecular weight excluding hydrogens is 377 g/mol. The van der Waals surface area contributed by atoms with E-state index in [9.17, 15) is 9.50 Å². The van der Waals surface area contributed by atoms with Gasteiger partial charge in [-0.25, -0.2) is 14.4 Å². The summed E-state index contributed by atoms with van der Waals surface area (Å²) in [6, 6.07) is 7.88. The van der Waals surface area contributed by atoms with Crippen LogP contribution in [0.15, 0.2) is 48.9 Å². The van der Waals surface area contributed by atoms with E-state index in [-0.39, 0.29) is 11.6 Å². The molecule has 0 radical (unpaired) electrons. The number of aromatic nitrogens is 3. The van der Waals surface area contributed by atoms with Crippen LogP contribution in [0.4, 0.5) is 4.39 Å². The smallest absolute Gasteiger partial charge is 0.128 e. The van der Waals surface area contributed by atoms with Gasteiger partial charge in [-0.3, -0.25) is 4.98 Å². The number of phenolic OH excluding ortho intramolecular Hbond substituents is 1. The van der Waals surface area contributed by atoms with E-state index in [0.29, 0.717) is 23.3 Å². The maximum absolute atomic E-state index is 13.5. The van der Waals surface area contributed by atoms with Gasteiger partial charge in [0.25, 0.3) is 0 Å². The van der Waals surface area contributed by atoms with Gasteiger partial charge in [-0.2, -0.15) is 0 Å². The Kier molecular flexibility index (Phi) is 5.19. The summed E-state index contributed by atoms with van der Waals surface area (Å²) < 4.78 is 13.5. The molecule has 2 heterocycles. The Morgan fingerprint density at radius 3 is 2.33 bits per heavy atom. The number of aromatic hydroxyl groups is 1. The van der Waals surface area contributed by atoms with Gasteiger partial charge < -0.3 is 5.11 Å². The average Bonchev–Trinajstić information content (AvgIpc) is 3.52. The predicted molar refractivity (Wildman–Crippen MR) is 114 cm³/mol. The van der Waals surface area contributed by atoms with E-state index in [1.165, 1.54) is 55.9 Å². The molecule has 154 valence electrons. The molecule has 0 bridgehead atoms. The number of pyridine rings is 1. The molecule has 3 aromatic rings. The quantitative estimate of drug-likeness (QED) is 0.593. The number of hydrogen-bond acceptors (Lipinski definition) is 4. The molecule has 30 heavy (non-hydrogen) atoms. The van der Waals surface area contributed by atoms with E-state index >= 15 is 0 Å². The molecule has 2 aromatic heterocycles. The first kappa shape index (κ1) is 19.2. The third-order valence-electron chi connectivity index (χ3n) is 6.49. The van der Waals surface area contributed by atoms with Crippen molar-refractivity contribution < 1.29 is 9.50 Å². The minimum Gasteiger partial charge on any atom is -0.507 e. The van der Waals surface area contributed by atoms with Crippen molar-refractivity contribution in [3.05, 3.63) is 71.8 Å². The van der Waals surface area contributed by atoms with Gasteiger partial charge in [-0.15, -0.1) is 0 Å². The SMILES string of the molecule is Oc1ccc(F)cc1-c1ccc(C[C@H]2CC[C@H](Cc3ncc(C4CC4)cn3)C2)nc1. The summed E-state index contributed by atoms with van der Waals surface area (Å²) in [4.78, 5) is 13.8. The third-order valence-corrected chi connectivity index (χ3v) is 6.49. The lowest BCUT2D eigenvalue weighted by atomic mass is 9.97. The third kappa shape index (κ3) is 4.35. The van der Waals surface area contributed by atoms with Crippen molar-refractivity contribution >= 4 is 0 Å². The fraction of sp³-hybridized carbons (Fsp3) is 0.400. The number of phenols is 1. The van der Waals surface area contributed by atoms with Crippen LogP contribution in [0.2, 0.25) is 0 Å². The fourth-order valence-electron chi connectivity index (χ4n) is 4.64. The average molecular weight is 404 g/mol. The number of halogens is 1. The van der Waals surface area contributed by atoms with Crippen molar-refractivity contribution in [2.75, 3.05) is 0 Å². The van der Waals surface area contributed by atoms with Crippen LogP contribution in [0.1, 0.15) is 55.1 Å². The molecule has 2 saturated carbocycles. The molecule has 4 nitrogen and oxygen atoms in total. The van der Waals surface area contributed by atoms with Crippen LogP contribution < -0.4 is 0 Å². The second-order valence-corrected chi connectivity index (χ2v) is 8.86. The van der Waals surface area contributed by atoms with Crippen molar-refractivity contribution in [1.29, 1.82) is 0 Å². The van der Waals surface area contributed by atoms with Crippen LogP contribution in [0.3, 0.4) is 0 Å². The Morgan fingerprint density at radius 1 is 0.867 bits per heavy atom. The summed E-state index contributed by atoms with van der Waals surface area (Å²) in [5.74, 6) is 2.65. The highest BCUT2D eigenvalue weighted by atomic mass is 19.1. The lowest BCUT2D eigenvalue weighted by molar-refractivity contribution is 0.474. The summed E-state index contributed by atoms with van der Waals surface area (Å²) in [7, 11) is 0. The first-order valence-corrected chi connectivity index (χ1v) is 10.9. The first-order chi connectivity index (χ1) is 14.6. The van der Waals surface area contributed by atoms with Gasteiger partial charge in [0.1, 0.15) is 17.4 Å². The molecule has 2 atom stereocenters. The molecule has 5 heteroatoms. The normalized spacial score (nSPS) is 21.1. The minimum atomic E-state index is -0.366. The zero-order valence-electron chi connectivity index (χ0n) is 17.0. The molecule has 1 aromatic carbocycles. The summed E-state index contributed by atoms with van der Waals surface area (Å²) in [6.07, 6.45) is 13.9. The Hall–Kier alpha value is -2.82. The zero-order chi connectivity index (χ0) is 20.5. The van der Waals surface area contributed by atoms with Gasteiger partial charge in [0, 0.05) is 41.8 Å². The summed E-state index contributed by atoms with van der Waals surface area (Å²) in [6.45, 7) is 0. The van der Waals surface area contributed by atoms with Gasteiger partial charge in [0.15, 0.2) is 0 Å². The highest BCUT2D eigenvalue weighted by molar-refractivity contribution is 5.69. The Labute approximate surface area is 176 Å². The van der Waals surface area contributed by atoms with Crippen LogP contribution in [0.5, 0.6) is 5.75 Å². The van der Waals surface area contributed by atoms with Crippen LogP contribution in [0, 0.1) is 17.7 Å². The Morgan fingerprint density at radius 2 is 1.63 bits per heavy atom. The van der Waals surface area contributed by atoms with Gasteiger partial charge in [0.05, 0.1) is 0 Å². The Balaban J connectivity index is 1.17. The first-order valence-electron chi connectivity index (χ1n) is 10.9. The van der Waals surface area contributed by atoms with Gasteiger partial charge in [-0.05, 0) is 86.1 Å². The second kappa shape index (κ2) is 8.13. The molecule has 2 aliphatic rings. The summed E-state index contributed by atoms with van der Waals surface area (Å²) in [5.41, 5.74) is 3.55. The lowest BCUT2D eigenvalue weighted by Gasteiger charge is -2.11. The highest BCUT2D eigenvalue weighted by Crippen LogP contribution is 2.39. The molecule has 2 aliphatic carbocycles. The van der Waals surface area contributed by atoms with Crippen LogP contribution >= 0.6 is 0 Å². The van der Waals surface area contributed by atoms with E-state index in [0.717, 1.165) is 29.9 Å². The predicted octanol–water partition coefficient (Wildman–Crippen LogP) is 5.46. The maximum Gasteiger partial charge on any atom is 0.128 e. The fourth-order valence-corrected chi connectivity index (χ4v) is 4.64. The Bertz CT molecular complexity index is 1020. The lowest BCUT2D eigenvalue weighted by Crippen LogP contribution is -2.06. The van der Waals surface area contributed by atoms with Crippen molar-refractivity contribution in [1.82, 2.24) is 15.0 Å². The van der Waals surface area contributed by atoms with Crippen molar-refractivity contribution in [3.63, 3.8) is 0 Å². The second-order valence-electron chi connectivity index (χ2n) is 8.86. The van der Waals surface area contributed by atoms with Gasteiger partial charge in [-0.1, -0.05) is 6.07 Å². The van der Waals surface area contributed by atoms with Crippen molar-refractivity contribution in [3.8, 4) is 16.9 Å². The topological polar surface area (TPSA) is 58.9 Å². The van der Waals surface area contributed by atoms with E-state index in [1.54, 1.807) is 6.20 Å². The summed E-state index contributed by atoms with van der Waals surface area (Å²) >= 11 is 0. The van der Waals surface area contributed by atoms with Crippen LogP contribution in [-0.4, -0.2) is 20.1 Å². The standard InChI is InChI=1S/C25H26FN3O/c26-21-6-8-24(30)23(12-21)19-5-7-22(27-13-19)10-16-1-2-17(9-16)11-25-28-14-20(15-29-25)18-3-4-18/h5-8,12-18,30H,1-4,9-11H2/t16-,17-/m0/s1. The molecule has 2 fully saturated rings. The van der Waals surface area contributed by atoms with E-state index < -0.39 is 0 Å².